The van der Waals surface area contributed by atoms with Crippen LogP contribution in [0.3, 0.4) is 0 Å². The standard InChI is InChI=1S/C20H25FN4O/c1-24-19-8-4-16(5-9-19)2-3-17-6-10-20(11-7-17)26-15-18(22)14-25(23)13-12-21/h2-11,14,24H,12-13,15,22-23H2,1H3/b3-2+,18-14-. The van der Waals surface area contributed by atoms with E-state index in [0.717, 1.165) is 16.8 Å². The molecule has 2 aromatic rings. The van der Waals surface area contributed by atoms with Gasteiger partial charge in [0.1, 0.15) is 19.0 Å². The van der Waals surface area contributed by atoms with Crippen molar-refractivity contribution in [1.29, 1.82) is 0 Å². The molecule has 0 saturated carbocycles. The Kier molecular flexibility index (Phi) is 7.51. The summed E-state index contributed by atoms with van der Waals surface area (Å²) < 4.78 is 17.7. The van der Waals surface area contributed by atoms with Crippen molar-refractivity contribution in [3.05, 3.63) is 71.6 Å². The molecule has 0 bridgehead atoms. The molecule has 0 aliphatic carbocycles. The molecule has 2 aromatic carbocycles. The van der Waals surface area contributed by atoms with E-state index in [-0.39, 0.29) is 13.2 Å². The fourth-order valence-electron chi connectivity index (χ4n) is 2.21. The molecule has 0 radical (unpaired) electrons. The molecule has 0 unspecified atom stereocenters. The molecule has 0 aliphatic heterocycles. The third kappa shape index (κ3) is 6.49. The number of nitrogens with two attached hydrogens (primary N) is 2. The summed E-state index contributed by atoms with van der Waals surface area (Å²) in [6.07, 6.45) is 5.56. The highest BCUT2D eigenvalue weighted by atomic mass is 19.1. The van der Waals surface area contributed by atoms with Gasteiger partial charge in [-0.2, -0.15) is 0 Å². The Morgan fingerprint density at radius 1 is 1.08 bits per heavy atom. The lowest BCUT2D eigenvalue weighted by molar-refractivity contribution is 0.318. The normalized spacial score (nSPS) is 11.6. The second-order valence-electron chi connectivity index (χ2n) is 5.69. The van der Waals surface area contributed by atoms with Gasteiger partial charge in [-0.3, -0.25) is 0 Å². The van der Waals surface area contributed by atoms with Crippen LogP contribution in [0.15, 0.2) is 60.4 Å². The van der Waals surface area contributed by atoms with Crippen molar-refractivity contribution >= 4 is 17.8 Å². The molecular formula is C20H25FN4O. The quantitative estimate of drug-likeness (QED) is 0.365. The maximum atomic E-state index is 12.2. The molecule has 26 heavy (non-hydrogen) atoms. The SMILES string of the molecule is CNc1ccc(/C=C/c2ccc(OC/C(N)=C/N(N)CCF)cc2)cc1. The monoisotopic (exact) mass is 356 g/mol. The third-order valence-electron chi connectivity index (χ3n) is 3.63. The number of hydrazine groups is 1. The minimum atomic E-state index is -0.532. The van der Waals surface area contributed by atoms with Crippen molar-refractivity contribution in [3.8, 4) is 5.75 Å². The first-order chi connectivity index (χ1) is 12.6. The van der Waals surface area contributed by atoms with E-state index in [9.17, 15) is 4.39 Å². The van der Waals surface area contributed by atoms with E-state index in [4.69, 9.17) is 16.3 Å². The highest BCUT2D eigenvalue weighted by Gasteiger charge is 1.98. The Bertz CT molecular complexity index is 726. The van der Waals surface area contributed by atoms with E-state index in [1.807, 2.05) is 49.5 Å². The highest BCUT2D eigenvalue weighted by molar-refractivity contribution is 5.70. The number of hydrogen-bond acceptors (Lipinski definition) is 5. The zero-order valence-electron chi connectivity index (χ0n) is 14.9. The summed E-state index contributed by atoms with van der Waals surface area (Å²) in [5.41, 5.74) is 9.49. The van der Waals surface area contributed by atoms with Crippen LogP contribution in [0.1, 0.15) is 11.1 Å². The molecule has 5 nitrogen and oxygen atoms in total. The Balaban J connectivity index is 1.88. The van der Waals surface area contributed by atoms with Gasteiger partial charge < -0.3 is 20.8 Å². The predicted molar refractivity (Wildman–Crippen MR) is 106 cm³/mol. The molecule has 0 heterocycles. The molecule has 5 N–H and O–H groups in total. The number of nitrogens with one attached hydrogen (secondary N) is 1. The Morgan fingerprint density at radius 3 is 2.19 bits per heavy atom. The molecule has 2 rings (SSSR count). The number of anilines is 1. The number of ether oxygens (including phenoxy) is 1. The van der Waals surface area contributed by atoms with Crippen LogP contribution < -0.4 is 21.6 Å². The third-order valence-corrected chi connectivity index (χ3v) is 3.63. The summed E-state index contributed by atoms with van der Waals surface area (Å²) in [5, 5.41) is 4.30. The smallest absolute Gasteiger partial charge is 0.129 e. The van der Waals surface area contributed by atoms with Crippen molar-refractivity contribution in [2.24, 2.45) is 11.6 Å². The van der Waals surface area contributed by atoms with Gasteiger partial charge in [-0.05, 0) is 35.4 Å². The number of alkyl halides is 1. The molecule has 0 spiro atoms. The lowest BCUT2D eigenvalue weighted by Crippen LogP contribution is -2.29. The highest BCUT2D eigenvalue weighted by Crippen LogP contribution is 2.16. The van der Waals surface area contributed by atoms with E-state index in [1.54, 1.807) is 0 Å². The van der Waals surface area contributed by atoms with E-state index in [2.05, 4.69) is 23.5 Å². The summed E-state index contributed by atoms with van der Waals surface area (Å²) in [6.45, 7) is -0.248. The number of hydrogen-bond donors (Lipinski definition) is 3. The van der Waals surface area contributed by atoms with Gasteiger partial charge in [-0.25, -0.2) is 10.2 Å². The Labute approximate surface area is 153 Å². The maximum absolute atomic E-state index is 12.2. The zero-order chi connectivity index (χ0) is 18.8. The minimum absolute atomic E-state index is 0.0966. The second-order valence-corrected chi connectivity index (χ2v) is 5.69. The van der Waals surface area contributed by atoms with Crippen LogP contribution in [0.4, 0.5) is 10.1 Å². The number of benzene rings is 2. The molecule has 0 aliphatic rings. The van der Waals surface area contributed by atoms with Gasteiger partial charge in [0.2, 0.25) is 0 Å². The minimum Gasteiger partial charge on any atom is -0.487 e. The van der Waals surface area contributed by atoms with Crippen molar-refractivity contribution < 1.29 is 9.13 Å². The van der Waals surface area contributed by atoms with Gasteiger partial charge in [0, 0.05) is 18.9 Å². The number of nitrogens with zero attached hydrogens (tertiary/aromatic N) is 1. The molecule has 0 saturated heterocycles. The van der Waals surface area contributed by atoms with Gasteiger partial charge >= 0.3 is 0 Å². The second kappa shape index (κ2) is 10.1. The number of halogens is 1. The summed E-state index contributed by atoms with van der Waals surface area (Å²) in [4.78, 5) is 0. The van der Waals surface area contributed by atoms with Crippen molar-refractivity contribution in [1.82, 2.24) is 5.01 Å². The van der Waals surface area contributed by atoms with Gasteiger partial charge in [-0.15, -0.1) is 0 Å². The van der Waals surface area contributed by atoms with Gasteiger partial charge in [-0.1, -0.05) is 36.4 Å². The first kappa shape index (κ1) is 19.3. The molecule has 0 amide bonds. The largest absolute Gasteiger partial charge is 0.487 e. The molecule has 0 aromatic heterocycles. The molecular weight excluding hydrogens is 331 g/mol. The van der Waals surface area contributed by atoms with E-state index in [0.29, 0.717) is 11.4 Å². The molecule has 0 atom stereocenters. The summed E-state index contributed by atoms with van der Waals surface area (Å²) in [6, 6.07) is 15.8. The zero-order valence-corrected chi connectivity index (χ0v) is 14.9. The van der Waals surface area contributed by atoms with Crippen LogP contribution in [0.2, 0.25) is 0 Å². The van der Waals surface area contributed by atoms with Crippen LogP contribution >= 0.6 is 0 Å². The Morgan fingerprint density at radius 2 is 1.65 bits per heavy atom. The van der Waals surface area contributed by atoms with Crippen LogP contribution in [-0.2, 0) is 0 Å². The van der Waals surface area contributed by atoms with Crippen LogP contribution in [0, 0.1) is 0 Å². The maximum Gasteiger partial charge on any atom is 0.129 e. The van der Waals surface area contributed by atoms with E-state index >= 15 is 0 Å². The van der Waals surface area contributed by atoms with Crippen LogP contribution in [-0.4, -0.2) is 31.9 Å². The fraction of sp³-hybridized carbons (Fsp3) is 0.200. The van der Waals surface area contributed by atoms with Gasteiger partial charge in [0.15, 0.2) is 0 Å². The predicted octanol–water partition coefficient (Wildman–Crippen LogP) is 3.22. The van der Waals surface area contributed by atoms with Crippen molar-refractivity contribution in [2.75, 3.05) is 32.2 Å². The van der Waals surface area contributed by atoms with E-state index < -0.39 is 6.67 Å². The summed E-state index contributed by atoms with van der Waals surface area (Å²) in [7, 11) is 1.90. The molecule has 6 heteroatoms. The van der Waals surface area contributed by atoms with E-state index in [1.165, 1.54) is 11.2 Å². The summed E-state index contributed by atoms with van der Waals surface area (Å²) >= 11 is 0. The first-order valence-electron chi connectivity index (χ1n) is 8.33. The van der Waals surface area contributed by atoms with Crippen LogP contribution in [0.5, 0.6) is 5.75 Å². The number of rotatable bonds is 9. The average Bonchev–Trinajstić information content (AvgIpc) is 2.66. The summed E-state index contributed by atoms with van der Waals surface area (Å²) in [5.74, 6) is 6.24. The van der Waals surface area contributed by atoms with Crippen LogP contribution in [0.25, 0.3) is 12.2 Å². The lowest BCUT2D eigenvalue weighted by atomic mass is 10.1. The lowest BCUT2D eigenvalue weighted by Gasteiger charge is -2.13. The first-order valence-corrected chi connectivity index (χ1v) is 8.33. The van der Waals surface area contributed by atoms with Crippen molar-refractivity contribution in [2.45, 2.75) is 0 Å². The fourth-order valence-corrected chi connectivity index (χ4v) is 2.21. The van der Waals surface area contributed by atoms with Gasteiger partial charge in [0.05, 0.1) is 12.2 Å². The van der Waals surface area contributed by atoms with Gasteiger partial charge in [0.25, 0.3) is 0 Å². The topological polar surface area (TPSA) is 76.5 Å². The molecule has 138 valence electrons. The Hall–Kier alpha value is -2.99. The average molecular weight is 356 g/mol. The van der Waals surface area contributed by atoms with Crippen molar-refractivity contribution in [3.63, 3.8) is 0 Å². The molecule has 0 fully saturated rings.